The molecule has 0 aromatic heterocycles. The minimum Gasteiger partial charge on any atom is -0.394 e. The van der Waals surface area contributed by atoms with E-state index in [9.17, 15) is 128 Å². The van der Waals surface area contributed by atoms with Crippen LogP contribution in [0.3, 0.4) is 0 Å². The third kappa shape index (κ3) is 74.9. The van der Waals surface area contributed by atoms with Gasteiger partial charge in [-0.05, 0) is 23.5 Å². The van der Waals surface area contributed by atoms with Gasteiger partial charge in [0, 0.05) is 38.8 Å². The fourth-order valence-corrected chi connectivity index (χ4v) is 12.4. The van der Waals surface area contributed by atoms with Crippen molar-refractivity contribution in [3.63, 3.8) is 0 Å². The second-order valence-electron chi connectivity index (χ2n) is 34.3. The molecule has 0 saturated carbocycles. The predicted octanol–water partition coefficient (Wildman–Crippen LogP) is -10.6. The molecule has 50 heteroatoms. The van der Waals surface area contributed by atoms with E-state index in [4.69, 9.17) is 114 Å². The summed E-state index contributed by atoms with van der Waals surface area (Å²) in [5.41, 5.74) is 2.27. The molecular formula is C93H173NO49. The highest BCUT2D eigenvalue weighted by molar-refractivity contribution is 5.17. The summed E-state index contributed by atoms with van der Waals surface area (Å²) < 4.78 is 143. The minimum atomic E-state index is -1.35. The first kappa shape index (κ1) is 135. The highest BCUT2D eigenvalue weighted by atomic mass is 16.6. The molecule has 2 rings (SSSR count). The number of nitrogens with zero attached hydrogens (tertiary/aromatic N) is 1. The second kappa shape index (κ2) is 91.1. The van der Waals surface area contributed by atoms with Crippen LogP contribution in [0.25, 0.3) is 0 Å². The number of hydrogen-bond acceptors (Lipinski definition) is 50. The van der Waals surface area contributed by atoms with Crippen LogP contribution >= 0.6 is 0 Å². The van der Waals surface area contributed by atoms with Gasteiger partial charge in [0.1, 0.15) is 140 Å². The van der Waals surface area contributed by atoms with Gasteiger partial charge in [-0.25, -0.2) is 0 Å². The highest BCUT2D eigenvalue weighted by Crippen LogP contribution is 2.22. The van der Waals surface area contributed by atoms with Crippen molar-refractivity contribution in [2.24, 2.45) is 11.8 Å². The number of aliphatic hydroxyl groups is 25. The van der Waals surface area contributed by atoms with E-state index in [2.05, 4.69) is 29.2 Å². The molecule has 0 amide bonds. The quantitative estimate of drug-likeness (QED) is 0.0274. The Labute approximate surface area is 836 Å². The van der Waals surface area contributed by atoms with E-state index >= 15 is 0 Å². The van der Waals surface area contributed by atoms with Crippen LogP contribution in [0.4, 0.5) is 0 Å². The van der Waals surface area contributed by atoms with Gasteiger partial charge in [0.25, 0.3) is 0 Å². The molecule has 0 fully saturated rings. The maximum absolute atomic E-state index is 11.3. The lowest BCUT2D eigenvalue weighted by molar-refractivity contribution is -0.146. The number of hydrogen-bond donors (Lipinski definition) is 25. The summed E-state index contributed by atoms with van der Waals surface area (Å²) in [6.07, 6.45) is -26.0. The van der Waals surface area contributed by atoms with Gasteiger partial charge in [0.05, 0.1) is 317 Å². The van der Waals surface area contributed by atoms with Crippen LogP contribution in [0.15, 0.2) is 60.7 Å². The van der Waals surface area contributed by atoms with Crippen molar-refractivity contribution in [2.75, 3.05) is 337 Å². The zero-order chi connectivity index (χ0) is 105. The predicted molar refractivity (Wildman–Crippen MR) is 501 cm³/mol. The first-order chi connectivity index (χ1) is 69.2. The van der Waals surface area contributed by atoms with E-state index in [0.717, 1.165) is 11.1 Å². The maximum Gasteiger partial charge on any atom is 0.104 e. The number of ether oxygens (including phenoxy) is 24. The van der Waals surface area contributed by atoms with Gasteiger partial charge in [-0.2, -0.15) is 0 Å². The largest absolute Gasteiger partial charge is 0.394 e. The summed E-state index contributed by atoms with van der Waals surface area (Å²) in [7, 11) is 0. The van der Waals surface area contributed by atoms with Crippen molar-refractivity contribution in [3.05, 3.63) is 71.8 Å². The summed E-state index contributed by atoms with van der Waals surface area (Å²) in [5, 5.41) is 250. The van der Waals surface area contributed by atoms with Gasteiger partial charge in [-0.3, -0.25) is 4.90 Å². The monoisotopic (exact) mass is 2090 g/mol. The minimum absolute atomic E-state index is 0.100. The van der Waals surface area contributed by atoms with Crippen LogP contribution in [-0.2, 0) is 127 Å². The van der Waals surface area contributed by atoms with Crippen LogP contribution < -0.4 is 0 Å². The Balaban J connectivity index is 2.89. The molecule has 0 aliphatic heterocycles. The lowest BCUT2D eigenvalue weighted by Gasteiger charge is -2.29. The van der Waals surface area contributed by atoms with Gasteiger partial charge >= 0.3 is 0 Å². The molecule has 0 bridgehead atoms. The molecule has 2 aromatic carbocycles. The summed E-state index contributed by atoms with van der Waals surface area (Å²) >= 11 is 0. The first-order valence-corrected chi connectivity index (χ1v) is 48.4. The van der Waals surface area contributed by atoms with Gasteiger partial charge in [0.2, 0.25) is 0 Å². The average Bonchev–Trinajstić information content (AvgIpc) is 0.895. The molecule has 143 heavy (non-hydrogen) atoms. The smallest absolute Gasteiger partial charge is 0.104 e. The third-order valence-electron chi connectivity index (χ3n) is 20.4. The van der Waals surface area contributed by atoms with Gasteiger partial charge in [0.15, 0.2) is 0 Å². The Morgan fingerprint density at radius 1 is 0.189 bits per heavy atom. The Hall–Kier alpha value is -3.56. The van der Waals surface area contributed by atoms with Crippen molar-refractivity contribution < 1.29 is 241 Å². The molecule has 50 nitrogen and oxygen atoms in total. The van der Waals surface area contributed by atoms with Crippen molar-refractivity contribution in [2.45, 2.75) is 173 Å². The first-order valence-electron chi connectivity index (χ1n) is 48.4. The highest BCUT2D eigenvalue weighted by Gasteiger charge is 2.30. The Bertz CT molecular complexity index is 3000. The third-order valence-corrected chi connectivity index (χ3v) is 20.4. The zero-order valence-corrected chi connectivity index (χ0v) is 82.5. The number of benzene rings is 2. The average molecular weight is 2090 g/mol. The van der Waals surface area contributed by atoms with Crippen LogP contribution in [0, 0.1) is 11.8 Å². The van der Waals surface area contributed by atoms with Gasteiger partial charge < -0.3 is 241 Å². The summed E-state index contributed by atoms with van der Waals surface area (Å²) in [5.74, 6) is -1.24. The lowest BCUT2D eigenvalue weighted by Crippen LogP contribution is -2.38. The molecule has 2 aromatic rings. The van der Waals surface area contributed by atoms with E-state index in [1.165, 1.54) is 0 Å². The van der Waals surface area contributed by atoms with E-state index in [0.29, 0.717) is 39.1 Å². The van der Waals surface area contributed by atoms with Crippen molar-refractivity contribution in [3.8, 4) is 0 Å². The number of aliphatic hydroxyl groups excluding tert-OH is 25. The van der Waals surface area contributed by atoms with E-state index < -0.39 is 245 Å². The molecule has 25 unspecified atom stereocenters. The summed E-state index contributed by atoms with van der Waals surface area (Å²) in [6, 6.07) is 20.1. The van der Waals surface area contributed by atoms with Crippen molar-refractivity contribution in [1.29, 1.82) is 0 Å². The molecule has 0 aliphatic rings. The molecular weight excluding hydrogens is 1910 g/mol. The molecule has 0 heterocycles. The fraction of sp³-hybridized carbons (Fsp3) is 0.871. The SMILES string of the molecule is CCC(COCC(COCC(COCC(O)CO)OCC(O)CO)OCC(O)COCC(CO)OCC(O)CO)C(COCC(COCC(COCC(O)CO)OCC(O)CO)OCC(O)COCC(O)CO)COCC(COCC(COCC(O)CO)OCC(O)COCCCN(Cc1ccccc1)Cc1ccccc1)OCC(COCC(COCC(O)CO)OCC(O)CO)OCC(O)COCC(O)CO. The molecule has 844 valence electrons. The molecule has 0 aliphatic carbocycles. The normalized spacial score (nSPS) is 17.6. The van der Waals surface area contributed by atoms with Gasteiger partial charge in [-0.15, -0.1) is 0 Å². The second-order valence-corrected chi connectivity index (χ2v) is 34.3. The standard InChI is InChI=1S/C93H173NO49/c1-2-69(29-121-51-86(141-48-84(119)41-130-50-85(28-105)135-42-77(112)24-101)58-131-60-88(136-43-78(113)25-102)54-126-34-73(108)20-97)70(30-122-52-87(140-47-82(117)39-124-32-71(106)18-95)59-132-61-89(137-44-79(114)26-103)55-127-35-74(109)21-98)31-123-53-92(143-66-93(142-49-83(118)40-125-33-72(107)19-96)65-134-62-90(138-45-80(115)27-104)56-128-36-75(110)22-99)64-133-63-91(57-129-37-76(111)23-100)139-46-81(116)38-120-15-9-14-94(16-67-10-5-3-6-11-67)17-68-12-7-4-8-13-68/h3-8,10-13,69-93,95-119H,2,9,14-66H2,1H3. The lowest BCUT2D eigenvalue weighted by atomic mass is 9.92. The van der Waals surface area contributed by atoms with Crippen LogP contribution in [-0.4, -0.2) is 610 Å². The Morgan fingerprint density at radius 3 is 0.615 bits per heavy atom. The van der Waals surface area contributed by atoms with Crippen LogP contribution in [0.1, 0.15) is 30.9 Å². The topological polar surface area (TPSA) is 731 Å². The molecule has 25 atom stereocenters. The molecule has 0 spiro atoms. The van der Waals surface area contributed by atoms with Gasteiger partial charge in [-0.1, -0.05) is 74.0 Å². The molecule has 0 radical (unpaired) electrons. The van der Waals surface area contributed by atoms with Crippen LogP contribution in [0.5, 0.6) is 0 Å². The van der Waals surface area contributed by atoms with E-state index in [-0.39, 0.29) is 231 Å². The molecule has 25 N–H and O–H groups in total. The zero-order valence-electron chi connectivity index (χ0n) is 82.5. The van der Waals surface area contributed by atoms with Crippen molar-refractivity contribution in [1.82, 2.24) is 4.90 Å². The maximum atomic E-state index is 11.3. The summed E-state index contributed by atoms with van der Waals surface area (Å²) in [6.45, 7) is -14.1. The van der Waals surface area contributed by atoms with Crippen molar-refractivity contribution >= 4 is 0 Å². The van der Waals surface area contributed by atoms with E-state index in [1.807, 2.05) is 43.3 Å². The van der Waals surface area contributed by atoms with E-state index in [1.54, 1.807) is 0 Å². The summed E-state index contributed by atoms with van der Waals surface area (Å²) in [4.78, 5) is 2.30. The molecule has 0 saturated heterocycles. The Kier molecular flexibility index (Phi) is 86.3. The fourth-order valence-electron chi connectivity index (χ4n) is 12.4. The van der Waals surface area contributed by atoms with Crippen LogP contribution in [0.2, 0.25) is 0 Å². The number of rotatable bonds is 106. The Morgan fingerprint density at radius 2 is 0.371 bits per heavy atom.